The SMILES string of the molecule is CN1CC2CC1CN2C1CCN(C(=O)[C@H](CC(=O)N2CCC(N3CCc4ccccc4NC3=O)CC2)Cc2cc(I)c(N)c(C(F)(F)F)c2)CC1. The maximum Gasteiger partial charge on any atom is 0.418 e. The molecule has 3 N–H and O–H groups in total. The fourth-order valence-corrected chi connectivity index (χ4v) is 9.77. The summed E-state index contributed by atoms with van der Waals surface area (Å²) in [6.07, 6.45) is 0.132. The molecule has 276 valence electrons. The Labute approximate surface area is 311 Å². The van der Waals surface area contributed by atoms with Crippen molar-refractivity contribution in [3.05, 3.63) is 56.7 Å². The molecule has 5 heterocycles. The summed E-state index contributed by atoms with van der Waals surface area (Å²) in [5.41, 5.74) is 6.83. The van der Waals surface area contributed by atoms with Gasteiger partial charge in [-0.15, -0.1) is 0 Å². The second-order valence-electron chi connectivity index (χ2n) is 15.0. The molecule has 4 amide bonds. The number of likely N-dealkylation sites (tertiary alicyclic amines) is 4. The van der Waals surface area contributed by atoms with E-state index in [1.807, 2.05) is 34.1 Å². The zero-order chi connectivity index (χ0) is 36.0. The smallest absolute Gasteiger partial charge is 0.397 e. The minimum Gasteiger partial charge on any atom is -0.397 e. The van der Waals surface area contributed by atoms with Crippen LogP contribution in [0.1, 0.15) is 55.2 Å². The zero-order valence-electron chi connectivity index (χ0n) is 29.0. The molecule has 14 heteroatoms. The van der Waals surface area contributed by atoms with Crippen LogP contribution in [0.15, 0.2) is 36.4 Å². The molecule has 2 aromatic rings. The number of anilines is 2. The van der Waals surface area contributed by atoms with Crippen molar-refractivity contribution in [1.82, 2.24) is 24.5 Å². The van der Waals surface area contributed by atoms with Crippen molar-refractivity contribution >= 4 is 51.8 Å². The molecule has 10 nitrogen and oxygen atoms in total. The number of likely N-dealkylation sites (N-methyl/N-ethyl adjacent to an activating group) is 1. The largest absolute Gasteiger partial charge is 0.418 e. The van der Waals surface area contributed by atoms with E-state index in [0.29, 0.717) is 69.3 Å². The number of hydrogen-bond acceptors (Lipinski definition) is 6. The monoisotopic (exact) mass is 821 g/mol. The number of alkyl halides is 3. The van der Waals surface area contributed by atoms with E-state index >= 15 is 0 Å². The highest BCUT2D eigenvalue weighted by atomic mass is 127. The Hall–Kier alpha value is -3.11. The van der Waals surface area contributed by atoms with Gasteiger partial charge in [0.1, 0.15) is 0 Å². The molecule has 4 fully saturated rings. The van der Waals surface area contributed by atoms with Crippen molar-refractivity contribution in [3.8, 4) is 0 Å². The summed E-state index contributed by atoms with van der Waals surface area (Å²) in [4.78, 5) is 51.7. The summed E-state index contributed by atoms with van der Waals surface area (Å²) in [5, 5.41) is 3.03. The number of piperidine rings is 2. The maximum absolute atomic E-state index is 14.2. The Kier molecular flexibility index (Phi) is 10.5. The fraction of sp³-hybridized carbons (Fsp3) is 0.595. The molecule has 51 heavy (non-hydrogen) atoms. The average molecular weight is 822 g/mol. The normalized spacial score (nSPS) is 24.4. The van der Waals surface area contributed by atoms with Crippen molar-refractivity contribution < 1.29 is 27.6 Å². The van der Waals surface area contributed by atoms with E-state index in [-0.39, 0.29) is 46.0 Å². The van der Waals surface area contributed by atoms with Crippen LogP contribution in [-0.2, 0) is 28.6 Å². The molecule has 3 atom stereocenters. The molecule has 5 aliphatic rings. The molecule has 2 aromatic carbocycles. The van der Waals surface area contributed by atoms with Gasteiger partial charge >= 0.3 is 12.2 Å². The number of rotatable bonds is 7. The first-order chi connectivity index (χ1) is 24.4. The fourth-order valence-electron chi connectivity index (χ4n) is 9.08. The van der Waals surface area contributed by atoms with Gasteiger partial charge in [-0.05, 0) is 104 Å². The van der Waals surface area contributed by atoms with Gasteiger partial charge in [-0.3, -0.25) is 14.5 Å². The molecule has 4 saturated heterocycles. The van der Waals surface area contributed by atoms with E-state index in [4.69, 9.17) is 5.73 Å². The maximum atomic E-state index is 14.2. The van der Waals surface area contributed by atoms with E-state index < -0.39 is 17.7 Å². The topological polar surface area (TPSA) is 105 Å². The number of nitrogens with zero attached hydrogens (tertiary/aromatic N) is 5. The molecular weight excluding hydrogens is 774 g/mol. The standard InChI is InChI=1S/C37H47F3IN7O3/c1-44-21-29-20-28(44)22-48(29)27-9-13-46(14-10-27)35(50)25(16-23-17-30(37(38,39)40)34(42)31(41)18-23)19-33(49)45-11-7-26(8-12-45)47-15-6-24-4-2-3-5-32(24)43-36(47)51/h2-5,17-18,25-29H,6-16,19-22,42H2,1H3,(H,43,51)/t25-,28?,29?/m0/s1. The lowest BCUT2D eigenvalue weighted by Crippen LogP contribution is -2.54. The summed E-state index contributed by atoms with van der Waals surface area (Å²) >= 11 is 1.80. The summed E-state index contributed by atoms with van der Waals surface area (Å²) in [6.45, 7) is 4.74. The molecule has 0 aromatic heterocycles. The predicted octanol–water partition coefficient (Wildman–Crippen LogP) is 4.90. The molecule has 7 rings (SSSR count). The zero-order valence-corrected chi connectivity index (χ0v) is 31.2. The molecule has 2 bridgehead atoms. The number of carbonyl (C=O) groups excluding carboxylic acids is 3. The van der Waals surface area contributed by atoms with Gasteiger partial charge in [0.15, 0.2) is 0 Å². The van der Waals surface area contributed by atoms with Gasteiger partial charge in [0.25, 0.3) is 0 Å². The van der Waals surface area contributed by atoms with Crippen LogP contribution in [0.4, 0.5) is 29.3 Å². The number of nitrogens with one attached hydrogen (secondary N) is 1. The van der Waals surface area contributed by atoms with Crippen molar-refractivity contribution in [3.63, 3.8) is 0 Å². The summed E-state index contributed by atoms with van der Waals surface area (Å²) in [7, 11) is 2.18. The van der Waals surface area contributed by atoms with Crippen molar-refractivity contribution in [2.24, 2.45) is 5.92 Å². The van der Waals surface area contributed by atoms with Crippen LogP contribution in [-0.4, -0.2) is 119 Å². The van der Waals surface area contributed by atoms with Gasteiger partial charge in [0.2, 0.25) is 11.8 Å². The van der Waals surface area contributed by atoms with E-state index in [1.165, 1.54) is 6.42 Å². The van der Waals surface area contributed by atoms with Gasteiger partial charge in [-0.2, -0.15) is 13.2 Å². The number of carbonyl (C=O) groups is 3. The van der Waals surface area contributed by atoms with Gasteiger partial charge in [0.05, 0.1) is 17.2 Å². The highest BCUT2D eigenvalue weighted by Crippen LogP contribution is 2.38. The first-order valence-corrected chi connectivity index (χ1v) is 19.3. The molecule has 0 radical (unpaired) electrons. The van der Waals surface area contributed by atoms with Gasteiger partial charge in [-0.25, -0.2) is 4.79 Å². The third-order valence-corrected chi connectivity index (χ3v) is 12.8. The lowest BCUT2D eigenvalue weighted by molar-refractivity contribution is -0.143. The average Bonchev–Trinajstić information content (AvgIpc) is 3.64. The van der Waals surface area contributed by atoms with Crippen LogP contribution in [0.25, 0.3) is 0 Å². The summed E-state index contributed by atoms with van der Waals surface area (Å²) in [6, 6.07) is 11.8. The number of para-hydroxylation sites is 1. The number of urea groups is 1. The Balaban J connectivity index is 1.02. The van der Waals surface area contributed by atoms with Crippen LogP contribution in [0.2, 0.25) is 0 Å². The molecular formula is C37H47F3IN7O3. The van der Waals surface area contributed by atoms with Crippen LogP contribution in [0, 0.1) is 9.49 Å². The molecule has 5 aliphatic heterocycles. The van der Waals surface area contributed by atoms with Crippen molar-refractivity contribution in [2.75, 3.05) is 63.9 Å². The molecule has 0 aliphatic carbocycles. The lowest BCUT2D eigenvalue weighted by atomic mass is 9.91. The van der Waals surface area contributed by atoms with Crippen LogP contribution >= 0.6 is 22.6 Å². The third-order valence-electron chi connectivity index (χ3n) is 11.9. The number of piperazine rings is 1. The Morgan fingerprint density at radius 3 is 2.29 bits per heavy atom. The first kappa shape index (κ1) is 36.3. The van der Waals surface area contributed by atoms with E-state index in [1.54, 1.807) is 33.6 Å². The second-order valence-corrected chi connectivity index (χ2v) is 16.2. The number of fused-ring (bicyclic) bond motifs is 3. The summed E-state index contributed by atoms with van der Waals surface area (Å²) in [5.74, 6) is -1.17. The number of amides is 4. The lowest BCUT2D eigenvalue weighted by Gasteiger charge is -2.42. The predicted molar refractivity (Wildman–Crippen MR) is 197 cm³/mol. The van der Waals surface area contributed by atoms with Gasteiger partial charge < -0.3 is 30.7 Å². The van der Waals surface area contributed by atoms with Crippen LogP contribution in [0.5, 0.6) is 0 Å². The number of hydrogen-bond donors (Lipinski definition) is 2. The Bertz CT molecular complexity index is 1640. The Morgan fingerprint density at radius 1 is 0.941 bits per heavy atom. The minimum absolute atomic E-state index is 0.0110. The number of nitrogen functional groups attached to an aromatic ring is 1. The van der Waals surface area contributed by atoms with E-state index in [9.17, 15) is 27.6 Å². The second kappa shape index (κ2) is 14.7. The molecule has 2 unspecified atom stereocenters. The number of benzene rings is 2. The number of halogens is 4. The van der Waals surface area contributed by atoms with Crippen LogP contribution in [0.3, 0.4) is 0 Å². The summed E-state index contributed by atoms with van der Waals surface area (Å²) < 4.78 is 42.0. The number of nitrogens with two attached hydrogens (primary N) is 1. The highest BCUT2D eigenvalue weighted by molar-refractivity contribution is 14.1. The highest BCUT2D eigenvalue weighted by Gasteiger charge is 2.45. The minimum atomic E-state index is -4.64. The van der Waals surface area contributed by atoms with Crippen molar-refractivity contribution in [2.45, 2.75) is 81.7 Å². The van der Waals surface area contributed by atoms with Gasteiger partial charge in [-0.1, -0.05) is 18.2 Å². The van der Waals surface area contributed by atoms with E-state index in [0.717, 1.165) is 49.7 Å². The molecule has 0 spiro atoms. The first-order valence-electron chi connectivity index (χ1n) is 18.2. The van der Waals surface area contributed by atoms with Gasteiger partial charge in [0, 0.05) is 85.7 Å². The Morgan fingerprint density at radius 2 is 1.63 bits per heavy atom. The third kappa shape index (κ3) is 7.68. The molecule has 0 saturated carbocycles. The quantitative estimate of drug-likeness (QED) is 0.305. The van der Waals surface area contributed by atoms with Crippen molar-refractivity contribution in [1.29, 1.82) is 0 Å². The van der Waals surface area contributed by atoms with E-state index in [2.05, 4.69) is 22.2 Å². The van der Waals surface area contributed by atoms with Crippen LogP contribution < -0.4 is 11.1 Å².